The summed E-state index contributed by atoms with van der Waals surface area (Å²) in [5, 5.41) is 9.00. The molecule has 0 heterocycles. The van der Waals surface area contributed by atoms with E-state index in [1.165, 1.54) is 5.56 Å². The summed E-state index contributed by atoms with van der Waals surface area (Å²) in [5.74, 6) is 0.872. The van der Waals surface area contributed by atoms with E-state index in [0.29, 0.717) is 0 Å². The topological polar surface area (TPSA) is 32.7 Å². The molecule has 1 atom stereocenters. The minimum absolute atomic E-state index is 0.187. The van der Waals surface area contributed by atoms with Gasteiger partial charge in [0, 0.05) is 12.6 Å². The smallest absolute Gasteiger partial charge is 0.118 e. The molecule has 3 heteroatoms. The zero-order valence-electron chi connectivity index (χ0n) is 9.60. The number of benzene rings is 1. The van der Waals surface area contributed by atoms with Gasteiger partial charge in [-0.05, 0) is 31.7 Å². The van der Waals surface area contributed by atoms with Crippen LogP contribution < -0.4 is 4.74 Å². The van der Waals surface area contributed by atoms with Crippen LogP contribution in [0.4, 0.5) is 0 Å². The van der Waals surface area contributed by atoms with E-state index in [1.54, 1.807) is 7.11 Å². The van der Waals surface area contributed by atoms with Crippen LogP contribution in [-0.4, -0.2) is 36.8 Å². The molecule has 0 aliphatic carbocycles. The largest absolute Gasteiger partial charge is 0.497 e. The molecule has 1 N–H and O–H groups in total. The molecule has 84 valence electrons. The predicted molar refractivity (Wildman–Crippen MR) is 61.0 cm³/mol. The molecule has 0 aromatic heterocycles. The van der Waals surface area contributed by atoms with Crippen LogP contribution in [0, 0.1) is 0 Å². The van der Waals surface area contributed by atoms with Gasteiger partial charge in [0.25, 0.3) is 0 Å². The highest BCUT2D eigenvalue weighted by molar-refractivity contribution is 5.27. The van der Waals surface area contributed by atoms with E-state index in [2.05, 4.69) is 4.90 Å². The number of nitrogens with zero attached hydrogens (tertiary/aromatic N) is 1. The standard InChI is InChI=1S/C12H19NO2/c1-10(9-14)13(2)8-11-4-6-12(15-3)7-5-11/h4-7,10,14H,8-9H2,1-3H3/t10-/m0/s1. The normalized spacial score (nSPS) is 12.9. The fourth-order valence-corrected chi connectivity index (χ4v) is 1.31. The zero-order valence-corrected chi connectivity index (χ0v) is 9.60. The summed E-state index contributed by atoms with van der Waals surface area (Å²) in [6, 6.07) is 8.17. The molecule has 1 aromatic rings. The molecule has 3 nitrogen and oxygen atoms in total. The van der Waals surface area contributed by atoms with Gasteiger partial charge in [-0.3, -0.25) is 4.90 Å². The van der Waals surface area contributed by atoms with E-state index in [4.69, 9.17) is 9.84 Å². The molecular formula is C12H19NO2. The third kappa shape index (κ3) is 3.53. The number of methoxy groups -OCH3 is 1. The van der Waals surface area contributed by atoms with Crippen LogP contribution in [0.2, 0.25) is 0 Å². The lowest BCUT2D eigenvalue weighted by Gasteiger charge is -2.22. The number of aliphatic hydroxyl groups is 1. The Hall–Kier alpha value is -1.06. The number of aliphatic hydroxyl groups excluding tert-OH is 1. The molecule has 0 amide bonds. The van der Waals surface area contributed by atoms with Crippen molar-refractivity contribution < 1.29 is 9.84 Å². The summed E-state index contributed by atoms with van der Waals surface area (Å²) < 4.78 is 5.09. The van der Waals surface area contributed by atoms with Crippen LogP contribution in [0.3, 0.4) is 0 Å². The van der Waals surface area contributed by atoms with Gasteiger partial charge in [0.2, 0.25) is 0 Å². The van der Waals surface area contributed by atoms with Crippen LogP contribution in [0.5, 0.6) is 5.75 Å². The van der Waals surface area contributed by atoms with Gasteiger partial charge in [0.05, 0.1) is 13.7 Å². The van der Waals surface area contributed by atoms with E-state index in [0.717, 1.165) is 12.3 Å². The number of likely N-dealkylation sites (N-methyl/N-ethyl adjacent to an activating group) is 1. The van der Waals surface area contributed by atoms with Gasteiger partial charge in [-0.25, -0.2) is 0 Å². The molecule has 0 radical (unpaired) electrons. The maximum atomic E-state index is 9.00. The molecule has 0 spiro atoms. The van der Waals surface area contributed by atoms with Gasteiger partial charge >= 0.3 is 0 Å². The third-order valence-corrected chi connectivity index (χ3v) is 2.61. The molecule has 0 aliphatic rings. The molecule has 0 saturated heterocycles. The summed E-state index contributed by atoms with van der Waals surface area (Å²) in [6.45, 7) is 3.03. The average Bonchev–Trinajstić information content (AvgIpc) is 2.29. The highest BCUT2D eigenvalue weighted by Crippen LogP contribution is 2.13. The molecule has 0 saturated carbocycles. The second-order valence-electron chi connectivity index (χ2n) is 3.79. The minimum atomic E-state index is 0.187. The Morgan fingerprint density at radius 2 is 1.93 bits per heavy atom. The second kappa shape index (κ2) is 5.73. The Labute approximate surface area is 91.3 Å². The highest BCUT2D eigenvalue weighted by atomic mass is 16.5. The lowest BCUT2D eigenvalue weighted by Crippen LogP contribution is -2.31. The molecule has 0 bridgehead atoms. The van der Waals surface area contributed by atoms with Gasteiger partial charge in [-0.2, -0.15) is 0 Å². The van der Waals surface area contributed by atoms with Crippen molar-refractivity contribution in [3.63, 3.8) is 0 Å². The molecule has 0 unspecified atom stereocenters. The number of hydrogen-bond acceptors (Lipinski definition) is 3. The van der Waals surface area contributed by atoms with Crippen molar-refractivity contribution in [3.05, 3.63) is 29.8 Å². The Kier molecular flexibility index (Phi) is 4.59. The Balaban J connectivity index is 2.57. The van der Waals surface area contributed by atoms with Crippen molar-refractivity contribution in [2.75, 3.05) is 20.8 Å². The minimum Gasteiger partial charge on any atom is -0.497 e. The van der Waals surface area contributed by atoms with E-state index in [9.17, 15) is 0 Å². The van der Waals surface area contributed by atoms with Gasteiger partial charge in [-0.1, -0.05) is 12.1 Å². The van der Waals surface area contributed by atoms with Crippen LogP contribution in [-0.2, 0) is 6.54 Å². The number of hydrogen-bond donors (Lipinski definition) is 1. The SMILES string of the molecule is COc1ccc(CN(C)[C@@H](C)CO)cc1. The Morgan fingerprint density at radius 3 is 2.40 bits per heavy atom. The van der Waals surface area contributed by atoms with Crippen LogP contribution in [0.15, 0.2) is 24.3 Å². The monoisotopic (exact) mass is 209 g/mol. The first-order chi connectivity index (χ1) is 7.17. The summed E-state index contributed by atoms with van der Waals surface area (Å²) in [4.78, 5) is 2.11. The number of ether oxygens (including phenoxy) is 1. The van der Waals surface area contributed by atoms with Crippen molar-refractivity contribution in [1.29, 1.82) is 0 Å². The lowest BCUT2D eigenvalue weighted by molar-refractivity contribution is 0.154. The van der Waals surface area contributed by atoms with Gasteiger partial charge in [0.15, 0.2) is 0 Å². The first-order valence-corrected chi connectivity index (χ1v) is 5.11. The first-order valence-electron chi connectivity index (χ1n) is 5.11. The number of rotatable bonds is 5. The maximum Gasteiger partial charge on any atom is 0.118 e. The first kappa shape index (κ1) is 12.0. The van der Waals surface area contributed by atoms with Crippen molar-refractivity contribution >= 4 is 0 Å². The molecule has 1 rings (SSSR count). The van der Waals surface area contributed by atoms with Gasteiger partial charge in [-0.15, -0.1) is 0 Å². The zero-order chi connectivity index (χ0) is 11.3. The molecule has 15 heavy (non-hydrogen) atoms. The quantitative estimate of drug-likeness (QED) is 0.798. The summed E-state index contributed by atoms with van der Waals surface area (Å²) in [6.07, 6.45) is 0. The lowest BCUT2D eigenvalue weighted by atomic mass is 10.2. The fourth-order valence-electron chi connectivity index (χ4n) is 1.31. The summed E-state index contributed by atoms with van der Waals surface area (Å²) in [5.41, 5.74) is 1.22. The van der Waals surface area contributed by atoms with Crippen molar-refractivity contribution in [3.8, 4) is 5.75 Å². The van der Waals surface area contributed by atoms with E-state index in [-0.39, 0.29) is 12.6 Å². The second-order valence-corrected chi connectivity index (χ2v) is 3.79. The average molecular weight is 209 g/mol. The van der Waals surface area contributed by atoms with Crippen molar-refractivity contribution in [1.82, 2.24) is 4.90 Å². The maximum absolute atomic E-state index is 9.00. The van der Waals surface area contributed by atoms with Crippen molar-refractivity contribution in [2.45, 2.75) is 19.5 Å². The molecule has 1 aromatic carbocycles. The molecular weight excluding hydrogens is 190 g/mol. The Bertz CT molecular complexity index is 284. The summed E-state index contributed by atoms with van der Waals surface area (Å²) in [7, 11) is 3.67. The van der Waals surface area contributed by atoms with E-state index < -0.39 is 0 Å². The third-order valence-electron chi connectivity index (χ3n) is 2.61. The summed E-state index contributed by atoms with van der Waals surface area (Å²) >= 11 is 0. The van der Waals surface area contributed by atoms with E-state index in [1.807, 2.05) is 38.2 Å². The van der Waals surface area contributed by atoms with Gasteiger partial charge in [0.1, 0.15) is 5.75 Å². The van der Waals surface area contributed by atoms with Gasteiger partial charge < -0.3 is 9.84 Å². The Morgan fingerprint density at radius 1 is 1.33 bits per heavy atom. The fraction of sp³-hybridized carbons (Fsp3) is 0.500. The highest BCUT2D eigenvalue weighted by Gasteiger charge is 2.07. The van der Waals surface area contributed by atoms with Crippen LogP contribution in [0.1, 0.15) is 12.5 Å². The van der Waals surface area contributed by atoms with Crippen LogP contribution >= 0.6 is 0 Å². The van der Waals surface area contributed by atoms with E-state index >= 15 is 0 Å². The predicted octanol–water partition coefficient (Wildman–Crippen LogP) is 1.51. The van der Waals surface area contributed by atoms with Crippen LogP contribution in [0.25, 0.3) is 0 Å². The molecule has 0 fully saturated rings. The molecule has 0 aliphatic heterocycles. The van der Waals surface area contributed by atoms with Crippen molar-refractivity contribution in [2.24, 2.45) is 0 Å².